The first kappa shape index (κ1) is 25.8. The van der Waals surface area contributed by atoms with Gasteiger partial charge < -0.3 is 28.7 Å². The van der Waals surface area contributed by atoms with Crippen molar-refractivity contribution in [1.29, 1.82) is 0 Å². The molecule has 0 rings (SSSR count). The van der Waals surface area contributed by atoms with Gasteiger partial charge in [-0.15, -0.1) is 0 Å². The average molecular weight is 405 g/mol. The summed E-state index contributed by atoms with van der Waals surface area (Å²) >= 11 is 0. The van der Waals surface area contributed by atoms with Crippen molar-refractivity contribution in [3.63, 3.8) is 0 Å². The van der Waals surface area contributed by atoms with Crippen molar-refractivity contribution in [1.82, 2.24) is 9.80 Å². The molecule has 0 aliphatic heterocycles. The van der Waals surface area contributed by atoms with Crippen molar-refractivity contribution in [3.05, 3.63) is 0 Å². The fraction of sp³-hybridized carbons (Fsp3) is 0.842. The van der Waals surface area contributed by atoms with Crippen molar-refractivity contribution in [3.8, 4) is 0 Å². The maximum atomic E-state index is 12.0. The molecule has 0 aromatic rings. The van der Waals surface area contributed by atoms with Gasteiger partial charge in [-0.05, 0) is 55.4 Å². The third-order valence-corrected chi connectivity index (χ3v) is 3.57. The molecular formula is C19H36N2O7. The van der Waals surface area contributed by atoms with E-state index in [1.54, 1.807) is 69.5 Å². The molecule has 0 aliphatic carbocycles. The van der Waals surface area contributed by atoms with Crippen LogP contribution in [0.2, 0.25) is 0 Å². The van der Waals surface area contributed by atoms with Crippen LogP contribution in [0.3, 0.4) is 0 Å². The van der Waals surface area contributed by atoms with Crippen LogP contribution < -0.4 is 0 Å². The van der Waals surface area contributed by atoms with Gasteiger partial charge in [0, 0.05) is 14.1 Å². The molecule has 0 N–H and O–H groups in total. The molecule has 2 atom stereocenters. The summed E-state index contributed by atoms with van der Waals surface area (Å²) in [4.78, 5) is 38.4. The maximum Gasteiger partial charge on any atom is 0.508 e. The molecule has 0 aliphatic rings. The average Bonchev–Trinajstić information content (AvgIpc) is 2.52. The highest BCUT2D eigenvalue weighted by Crippen LogP contribution is 2.12. The normalized spacial score (nSPS) is 13.8. The highest BCUT2D eigenvalue weighted by Gasteiger charge is 2.25. The predicted molar refractivity (Wildman–Crippen MR) is 104 cm³/mol. The molecule has 2 amide bonds. The minimum atomic E-state index is -0.881. The van der Waals surface area contributed by atoms with Gasteiger partial charge in [0.15, 0.2) is 0 Å². The number of carbonyl (C=O) groups excluding carboxylic acids is 3. The minimum Gasteiger partial charge on any atom is -0.444 e. The van der Waals surface area contributed by atoms with E-state index in [2.05, 4.69) is 0 Å². The second-order valence-electron chi connectivity index (χ2n) is 8.75. The zero-order valence-corrected chi connectivity index (χ0v) is 18.8. The second-order valence-corrected chi connectivity index (χ2v) is 8.75. The predicted octanol–water partition coefficient (Wildman–Crippen LogP) is 3.65. The number of hydrogen-bond acceptors (Lipinski definition) is 7. The molecule has 0 bridgehead atoms. The van der Waals surface area contributed by atoms with Crippen LogP contribution >= 0.6 is 0 Å². The van der Waals surface area contributed by atoms with Crippen molar-refractivity contribution in [2.45, 2.75) is 78.7 Å². The van der Waals surface area contributed by atoms with Crippen LogP contribution in [0, 0.1) is 0 Å². The molecule has 0 saturated carbocycles. The zero-order chi connectivity index (χ0) is 22.3. The topological polar surface area (TPSA) is 94.6 Å². The van der Waals surface area contributed by atoms with Crippen LogP contribution in [-0.4, -0.2) is 78.7 Å². The van der Waals surface area contributed by atoms with Gasteiger partial charge in [0.25, 0.3) is 0 Å². The SMILES string of the molecule is CC(COC(=O)OCC(C)N(C)C(=O)OC(C)(C)C)N(C)C(=O)OC(C)(C)C. The Morgan fingerprint density at radius 2 is 1.00 bits per heavy atom. The number of amides is 2. The molecule has 0 aromatic carbocycles. The lowest BCUT2D eigenvalue weighted by molar-refractivity contribution is -0.00144. The fourth-order valence-corrected chi connectivity index (χ4v) is 1.67. The number of carbonyl (C=O) groups is 3. The number of hydrogen-bond donors (Lipinski definition) is 0. The van der Waals surface area contributed by atoms with Gasteiger partial charge in [-0.3, -0.25) is 0 Å². The summed E-state index contributed by atoms with van der Waals surface area (Å²) in [7, 11) is 3.12. The molecule has 2 unspecified atom stereocenters. The highest BCUT2D eigenvalue weighted by atomic mass is 16.7. The lowest BCUT2D eigenvalue weighted by Crippen LogP contribution is -2.42. The Morgan fingerprint density at radius 1 is 0.714 bits per heavy atom. The van der Waals surface area contributed by atoms with Gasteiger partial charge in [-0.25, -0.2) is 14.4 Å². The summed E-state index contributed by atoms with van der Waals surface area (Å²) in [6.07, 6.45) is -1.90. The molecule has 9 heteroatoms. The van der Waals surface area contributed by atoms with E-state index in [1.165, 1.54) is 9.80 Å². The first-order chi connectivity index (χ1) is 12.5. The van der Waals surface area contributed by atoms with Crippen molar-refractivity contribution < 1.29 is 33.3 Å². The number of likely N-dealkylation sites (N-methyl/N-ethyl adjacent to an activating group) is 2. The summed E-state index contributed by atoms with van der Waals surface area (Å²) in [5.41, 5.74) is -1.22. The standard InChI is InChI=1S/C19H36N2O7/c1-13(20(9)15(22)27-18(3,4)5)11-25-17(24)26-12-14(2)21(10)16(23)28-19(6,7)8/h13-14H,11-12H2,1-10H3. The Balaban J connectivity index is 4.34. The first-order valence-corrected chi connectivity index (χ1v) is 9.24. The number of nitrogens with zero attached hydrogens (tertiary/aromatic N) is 2. The Morgan fingerprint density at radius 3 is 1.25 bits per heavy atom. The zero-order valence-electron chi connectivity index (χ0n) is 18.8. The Bertz CT molecular complexity index is 491. The van der Waals surface area contributed by atoms with Crippen LogP contribution in [0.4, 0.5) is 14.4 Å². The first-order valence-electron chi connectivity index (χ1n) is 9.24. The van der Waals surface area contributed by atoms with Crippen LogP contribution in [0.25, 0.3) is 0 Å². The molecule has 0 saturated heterocycles. The fourth-order valence-electron chi connectivity index (χ4n) is 1.67. The maximum absolute atomic E-state index is 12.0. The lowest BCUT2D eigenvalue weighted by Gasteiger charge is -2.29. The van der Waals surface area contributed by atoms with Gasteiger partial charge in [-0.2, -0.15) is 0 Å². The number of rotatable bonds is 6. The Kier molecular flexibility index (Phi) is 9.57. The summed E-state index contributed by atoms with van der Waals surface area (Å²) < 4.78 is 20.6. The van der Waals surface area contributed by atoms with Gasteiger partial charge in [0.1, 0.15) is 24.4 Å². The minimum absolute atomic E-state index is 0.0507. The van der Waals surface area contributed by atoms with E-state index >= 15 is 0 Å². The lowest BCUT2D eigenvalue weighted by atomic mass is 10.2. The van der Waals surface area contributed by atoms with Crippen LogP contribution in [0.15, 0.2) is 0 Å². The van der Waals surface area contributed by atoms with Gasteiger partial charge in [-0.1, -0.05) is 0 Å². The quantitative estimate of drug-likeness (QED) is 0.492. The van der Waals surface area contributed by atoms with Crippen LogP contribution in [-0.2, 0) is 18.9 Å². The second kappa shape index (κ2) is 10.4. The molecule has 0 radical (unpaired) electrons. The summed E-state index contributed by atoms with van der Waals surface area (Å²) in [5.74, 6) is 0. The molecule has 0 aromatic heterocycles. The molecule has 28 heavy (non-hydrogen) atoms. The smallest absolute Gasteiger partial charge is 0.444 e. The number of ether oxygens (including phenoxy) is 4. The molecule has 0 heterocycles. The summed E-state index contributed by atoms with van der Waals surface area (Å²) in [6, 6.07) is -0.798. The molecule has 164 valence electrons. The largest absolute Gasteiger partial charge is 0.508 e. The van der Waals surface area contributed by atoms with Crippen molar-refractivity contribution in [2.75, 3.05) is 27.3 Å². The van der Waals surface area contributed by atoms with E-state index in [0.717, 1.165) is 0 Å². The Hall–Kier alpha value is -2.19. The van der Waals surface area contributed by atoms with Gasteiger partial charge in [0.2, 0.25) is 0 Å². The summed E-state index contributed by atoms with van der Waals surface area (Å²) in [6.45, 7) is 14.0. The Labute approximate surface area is 168 Å². The van der Waals surface area contributed by atoms with Gasteiger partial charge in [0.05, 0.1) is 12.1 Å². The molecule has 9 nitrogen and oxygen atoms in total. The van der Waals surface area contributed by atoms with Crippen molar-refractivity contribution >= 4 is 18.3 Å². The van der Waals surface area contributed by atoms with E-state index in [1.807, 2.05) is 0 Å². The third kappa shape index (κ3) is 10.8. The van der Waals surface area contributed by atoms with E-state index in [4.69, 9.17) is 18.9 Å². The molecular weight excluding hydrogens is 368 g/mol. The molecule has 0 fully saturated rings. The highest BCUT2D eigenvalue weighted by molar-refractivity contribution is 5.68. The molecule has 0 spiro atoms. The van der Waals surface area contributed by atoms with E-state index < -0.39 is 41.6 Å². The van der Waals surface area contributed by atoms with E-state index in [9.17, 15) is 14.4 Å². The van der Waals surface area contributed by atoms with Crippen LogP contribution in [0.1, 0.15) is 55.4 Å². The van der Waals surface area contributed by atoms with E-state index in [0.29, 0.717) is 0 Å². The third-order valence-electron chi connectivity index (χ3n) is 3.57. The van der Waals surface area contributed by atoms with Crippen molar-refractivity contribution in [2.24, 2.45) is 0 Å². The van der Waals surface area contributed by atoms with E-state index in [-0.39, 0.29) is 13.2 Å². The van der Waals surface area contributed by atoms with Gasteiger partial charge >= 0.3 is 18.3 Å². The summed E-state index contributed by atoms with van der Waals surface area (Å²) in [5, 5.41) is 0. The monoisotopic (exact) mass is 404 g/mol. The van der Waals surface area contributed by atoms with Crippen LogP contribution in [0.5, 0.6) is 0 Å².